The first-order chi connectivity index (χ1) is 6.38. The van der Waals surface area contributed by atoms with Gasteiger partial charge in [0.25, 0.3) is 0 Å². The number of nitrogens with one attached hydrogen (secondary N) is 1. The highest BCUT2D eigenvalue weighted by Gasteiger charge is 2.20. The molecular formula is C9H17ClN2O. The van der Waals surface area contributed by atoms with E-state index >= 15 is 0 Å². The molecule has 0 aromatic heterocycles. The SMILES string of the molecule is CNCC1COCCN1C/C=C/Cl. The van der Waals surface area contributed by atoms with E-state index in [1.165, 1.54) is 0 Å². The van der Waals surface area contributed by atoms with Gasteiger partial charge in [-0.05, 0) is 7.05 Å². The number of halogens is 1. The first kappa shape index (κ1) is 11.0. The summed E-state index contributed by atoms with van der Waals surface area (Å²) in [5, 5.41) is 3.17. The van der Waals surface area contributed by atoms with Crippen LogP contribution < -0.4 is 5.32 Å². The Morgan fingerprint density at radius 1 is 1.69 bits per heavy atom. The van der Waals surface area contributed by atoms with Gasteiger partial charge in [0, 0.05) is 31.2 Å². The molecule has 13 heavy (non-hydrogen) atoms. The van der Waals surface area contributed by atoms with Crippen LogP contribution in [0, 0.1) is 0 Å². The van der Waals surface area contributed by atoms with Crippen molar-refractivity contribution in [2.45, 2.75) is 6.04 Å². The van der Waals surface area contributed by atoms with E-state index in [1.54, 1.807) is 5.54 Å². The zero-order valence-electron chi connectivity index (χ0n) is 8.00. The Labute approximate surface area is 84.7 Å². The van der Waals surface area contributed by atoms with Crippen LogP contribution in [-0.4, -0.2) is 50.8 Å². The van der Waals surface area contributed by atoms with E-state index in [2.05, 4.69) is 10.2 Å². The highest BCUT2D eigenvalue weighted by atomic mass is 35.5. The molecule has 1 atom stereocenters. The number of morpholine rings is 1. The molecule has 1 heterocycles. The van der Waals surface area contributed by atoms with E-state index in [1.807, 2.05) is 13.1 Å². The Hall–Kier alpha value is -0.0900. The average molecular weight is 205 g/mol. The quantitative estimate of drug-likeness (QED) is 0.728. The monoisotopic (exact) mass is 204 g/mol. The fourth-order valence-corrected chi connectivity index (χ4v) is 1.61. The summed E-state index contributed by atoms with van der Waals surface area (Å²) < 4.78 is 5.41. The highest BCUT2D eigenvalue weighted by Crippen LogP contribution is 2.05. The number of hydrogen-bond acceptors (Lipinski definition) is 3. The van der Waals surface area contributed by atoms with E-state index in [4.69, 9.17) is 16.3 Å². The maximum atomic E-state index is 5.49. The van der Waals surface area contributed by atoms with Gasteiger partial charge in [-0.2, -0.15) is 0 Å². The topological polar surface area (TPSA) is 24.5 Å². The van der Waals surface area contributed by atoms with Crippen LogP contribution >= 0.6 is 11.6 Å². The molecule has 0 aromatic carbocycles. The van der Waals surface area contributed by atoms with E-state index in [-0.39, 0.29) is 0 Å². The molecular weight excluding hydrogens is 188 g/mol. The second-order valence-corrected chi connectivity index (χ2v) is 3.40. The van der Waals surface area contributed by atoms with E-state index in [0.717, 1.165) is 32.8 Å². The summed E-state index contributed by atoms with van der Waals surface area (Å²) in [6.45, 7) is 4.52. The summed E-state index contributed by atoms with van der Waals surface area (Å²) in [4.78, 5) is 2.37. The lowest BCUT2D eigenvalue weighted by atomic mass is 10.2. The van der Waals surface area contributed by atoms with Crippen LogP contribution in [0.1, 0.15) is 0 Å². The summed E-state index contributed by atoms with van der Waals surface area (Å²) in [5.74, 6) is 0. The number of ether oxygens (including phenoxy) is 1. The van der Waals surface area contributed by atoms with E-state index < -0.39 is 0 Å². The van der Waals surface area contributed by atoms with Gasteiger partial charge >= 0.3 is 0 Å². The molecule has 1 aliphatic rings. The normalized spacial score (nSPS) is 25.5. The van der Waals surface area contributed by atoms with Crippen molar-refractivity contribution >= 4 is 11.6 Å². The van der Waals surface area contributed by atoms with Gasteiger partial charge in [0.1, 0.15) is 0 Å². The minimum absolute atomic E-state index is 0.478. The van der Waals surface area contributed by atoms with Crippen molar-refractivity contribution < 1.29 is 4.74 Å². The lowest BCUT2D eigenvalue weighted by molar-refractivity contribution is -0.000382. The largest absolute Gasteiger partial charge is 0.378 e. The maximum absolute atomic E-state index is 5.49. The lowest BCUT2D eigenvalue weighted by Crippen LogP contribution is -2.49. The minimum atomic E-state index is 0.478. The molecule has 0 bridgehead atoms. The highest BCUT2D eigenvalue weighted by molar-refractivity contribution is 6.25. The summed E-state index contributed by atoms with van der Waals surface area (Å²) in [6, 6.07) is 0.478. The smallest absolute Gasteiger partial charge is 0.0635 e. The molecule has 0 spiro atoms. The molecule has 1 aliphatic heterocycles. The Morgan fingerprint density at radius 3 is 3.23 bits per heavy atom. The Bertz CT molecular complexity index is 162. The number of likely N-dealkylation sites (N-methyl/N-ethyl adjacent to an activating group) is 1. The molecule has 0 aromatic rings. The maximum Gasteiger partial charge on any atom is 0.0635 e. The zero-order valence-corrected chi connectivity index (χ0v) is 8.76. The number of hydrogen-bond donors (Lipinski definition) is 1. The van der Waals surface area contributed by atoms with Gasteiger partial charge in [0.2, 0.25) is 0 Å². The Kier molecular flexibility index (Phi) is 5.39. The fraction of sp³-hybridized carbons (Fsp3) is 0.778. The molecule has 1 fully saturated rings. The van der Waals surface area contributed by atoms with E-state index in [0.29, 0.717) is 6.04 Å². The molecule has 4 heteroatoms. The Morgan fingerprint density at radius 2 is 2.54 bits per heavy atom. The molecule has 0 saturated carbocycles. The van der Waals surface area contributed by atoms with Gasteiger partial charge in [-0.15, -0.1) is 0 Å². The molecule has 1 unspecified atom stereocenters. The van der Waals surface area contributed by atoms with Crippen molar-refractivity contribution in [1.82, 2.24) is 10.2 Å². The zero-order chi connectivity index (χ0) is 9.52. The van der Waals surface area contributed by atoms with Crippen molar-refractivity contribution in [3.63, 3.8) is 0 Å². The van der Waals surface area contributed by atoms with Crippen molar-refractivity contribution in [3.05, 3.63) is 11.6 Å². The first-order valence-electron chi connectivity index (χ1n) is 4.60. The number of nitrogens with zero attached hydrogens (tertiary/aromatic N) is 1. The molecule has 76 valence electrons. The second-order valence-electron chi connectivity index (χ2n) is 3.14. The van der Waals surface area contributed by atoms with Gasteiger partial charge < -0.3 is 10.1 Å². The van der Waals surface area contributed by atoms with Crippen LogP contribution in [0.5, 0.6) is 0 Å². The molecule has 1 rings (SSSR count). The van der Waals surface area contributed by atoms with Crippen molar-refractivity contribution in [3.8, 4) is 0 Å². The second kappa shape index (κ2) is 6.38. The van der Waals surface area contributed by atoms with Crippen molar-refractivity contribution in [1.29, 1.82) is 0 Å². The van der Waals surface area contributed by atoms with Crippen molar-refractivity contribution in [2.24, 2.45) is 0 Å². The summed E-state index contributed by atoms with van der Waals surface area (Å²) in [7, 11) is 1.96. The van der Waals surface area contributed by atoms with Gasteiger partial charge in [-0.1, -0.05) is 17.7 Å². The third-order valence-electron chi connectivity index (χ3n) is 2.22. The summed E-state index contributed by atoms with van der Waals surface area (Å²) in [6.07, 6.45) is 1.97. The Balaban J connectivity index is 2.36. The number of rotatable bonds is 4. The minimum Gasteiger partial charge on any atom is -0.378 e. The third kappa shape index (κ3) is 3.65. The van der Waals surface area contributed by atoms with Crippen LogP contribution in [0.3, 0.4) is 0 Å². The van der Waals surface area contributed by atoms with Gasteiger partial charge in [-0.3, -0.25) is 4.90 Å². The van der Waals surface area contributed by atoms with E-state index in [9.17, 15) is 0 Å². The predicted molar refractivity (Wildman–Crippen MR) is 55.1 cm³/mol. The van der Waals surface area contributed by atoms with Gasteiger partial charge in [0.15, 0.2) is 0 Å². The predicted octanol–water partition coefficient (Wildman–Crippen LogP) is 0.659. The van der Waals surface area contributed by atoms with Gasteiger partial charge in [0.05, 0.1) is 13.2 Å². The van der Waals surface area contributed by atoms with Gasteiger partial charge in [-0.25, -0.2) is 0 Å². The molecule has 3 nitrogen and oxygen atoms in total. The van der Waals surface area contributed by atoms with Crippen LogP contribution in [0.2, 0.25) is 0 Å². The molecule has 1 saturated heterocycles. The molecule has 1 N–H and O–H groups in total. The van der Waals surface area contributed by atoms with Crippen LogP contribution in [0.25, 0.3) is 0 Å². The summed E-state index contributed by atoms with van der Waals surface area (Å²) in [5.41, 5.74) is 1.58. The molecule has 0 aliphatic carbocycles. The summed E-state index contributed by atoms with van der Waals surface area (Å²) >= 11 is 5.49. The van der Waals surface area contributed by atoms with Crippen molar-refractivity contribution in [2.75, 3.05) is 39.9 Å². The third-order valence-corrected chi connectivity index (χ3v) is 2.40. The van der Waals surface area contributed by atoms with Crippen LogP contribution in [-0.2, 0) is 4.74 Å². The standard InChI is InChI=1S/C9H17ClN2O/c1-11-7-9-8-13-6-5-12(9)4-2-3-10/h2-3,9,11H,4-8H2,1H3/b3-2+. The average Bonchev–Trinajstić information content (AvgIpc) is 2.17. The fourth-order valence-electron chi connectivity index (χ4n) is 1.53. The molecule has 0 radical (unpaired) electrons. The first-order valence-corrected chi connectivity index (χ1v) is 5.03. The lowest BCUT2D eigenvalue weighted by Gasteiger charge is -2.34. The van der Waals surface area contributed by atoms with Crippen LogP contribution in [0.15, 0.2) is 11.6 Å². The van der Waals surface area contributed by atoms with Crippen LogP contribution in [0.4, 0.5) is 0 Å². The molecule has 0 amide bonds.